The van der Waals surface area contributed by atoms with Crippen LogP contribution < -0.4 is 5.32 Å². The van der Waals surface area contributed by atoms with E-state index in [1.807, 2.05) is 12.3 Å². The van der Waals surface area contributed by atoms with Crippen LogP contribution in [0.5, 0.6) is 0 Å². The minimum Gasteiger partial charge on any atom is -0.345 e. The Bertz CT molecular complexity index is 410. The van der Waals surface area contributed by atoms with Gasteiger partial charge in [-0.3, -0.25) is 4.98 Å². The van der Waals surface area contributed by atoms with Gasteiger partial charge in [0, 0.05) is 17.1 Å². The third kappa shape index (κ3) is 1.68. The van der Waals surface area contributed by atoms with Gasteiger partial charge in [0.1, 0.15) is 6.54 Å². The predicted octanol–water partition coefficient (Wildman–Crippen LogP) is 0.928. The Kier molecular flexibility index (Phi) is 2.23. The van der Waals surface area contributed by atoms with Crippen molar-refractivity contribution >= 4 is 10.9 Å². The number of nitrogens with two attached hydrogens (primary N) is 1. The molecule has 0 spiro atoms. The maximum Gasteiger partial charge on any atom is 0.101 e. The van der Waals surface area contributed by atoms with Crippen molar-refractivity contribution in [2.75, 3.05) is 7.05 Å². The van der Waals surface area contributed by atoms with Crippen molar-refractivity contribution in [1.29, 1.82) is 0 Å². The second kappa shape index (κ2) is 3.54. The van der Waals surface area contributed by atoms with Gasteiger partial charge in [-0.15, -0.1) is 0 Å². The smallest absolute Gasteiger partial charge is 0.101 e. The normalized spacial score (nSPS) is 10.5. The summed E-state index contributed by atoms with van der Waals surface area (Å²) in [6.07, 6.45) is 1.83. The molecule has 2 rings (SSSR count). The van der Waals surface area contributed by atoms with Gasteiger partial charge in [0.2, 0.25) is 0 Å². The lowest BCUT2D eigenvalue weighted by molar-refractivity contribution is -0.643. The molecule has 2 aromatic rings. The van der Waals surface area contributed by atoms with Crippen molar-refractivity contribution in [3.05, 3.63) is 42.1 Å². The number of nitrogens with zero attached hydrogens (tertiary/aromatic N) is 1. The highest BCUT2D eigenvalue weighted by Gasteiger charge is 1.96. The lowest BCUT2D eigenvalue weighted by atomic mass is 10.1. The molecule has 0 saturated heterocycles. The van der Waals surface area contributed by atoms with Crippen molar-refractivity contribution in [2.24, 2.45) is 0 Å². The molecule has 0 bridgehead atoms. The molecule has 1 aromatic heterocycles. The highest BCUT2D eigenvalue weighted by Crippen LogP contribution is 2.12. The molecule has 2 N–H and O–H groups in total. The Morgan fingerprint density at radius 2 is 2.23 bits per heavy atom. The number of hydrogen-bond donors (Lipinski definition) is 1. The van der Waals surface area contributed by atoms with Crippen LogP contribution in [0.4, 0.5) is 0 Å². The topological polar surface area (TPSA) is 29.5 Å². The number of hydrogen-bond acceptors (Lipinski definition) is 1. The van der Waals surface area contributed by atoms with E-state index in [0.29, 0.717) is 0 Å². The average molecular weight is 173 g/mol. The van der Waals surface area contributed by atoms with Crippen LogP contribution in [0.1, 0.15) is 5.56 Å². The molecule has 1 heterocycles. The van der Waals surface area contributed by atoms with Crippen LogP contribution in [0.25, 0.3) is 10.9 Å². The molecule has 2 nitrogen and oxygen atoms in total. The number of benzene rings is 1. The Morgan fingerprint density at radius 1 is 1.31 bits per heavy atom. The Hall–Kier alpha value is -1.41. The molecule has 2 heteroatoms. The van der Waals surface area contributed by atoms with Crippen molar-refractivity contribution in [2.45, 2.75) is 6.54 Å². The highest BCUT2D eigenvalue weighted by molar-refractivity contribution is 5.78. The average Bonchev–Trinajstić information content (AvgIpc) is 2.18. The fourth-order valence-electron chi connectivity index (χ4n) is 1.49. The molecule has 0 unspecified atom stereocenters. The maximum atomic E-state index is 4.27. The predicted molar refractivity (Wildman–Crippen MR) is 53.3 cm³/mol. The van der Waals surface area contributed by atoms with E-state index in [2.05, 4.69) is 41.6 Å². The number of fused-ring (bicyclic) bond motifs is 1. The van der Waals surface area contributed by atoms with Crippen molar-refractivity contribution in [1.82, 2.24) is 4.98 Å². The fourth-order valence-corrected chi connectivity index (χ4v) is 1.49. The zero-order chi connectivity index (χ0) is 9.10. The van der Waals surface area contributed by atoms with E-state index in [4.69, 9.17) is 0 Å². The van der Waals surface area contributed by atoms with Crippen molar-refractivity contribution in [3.8, 4) is 0 Å². The third-order valence-corrected chi connectivity index (χ3v) is 2.11. The van der Waals surface area contributed by atoms with Gasteiger partial charge in [-0.25, -0.2) is 0 Å². The van der Waals surface area contributed by atoms with Gasteiger partial charge in [-0.1, -0.05) is 12.1 Å². The van der Waals surface area contributed by atoms with Crippen molar-refractivity contribution < 1.29 is 5.32 Å². The van der Waals surface area contributed by atoms with Crippen molar-refractivity contribution in [3.63, 3.8) is 0 Å². The number of rotatable bonds is 2. The molecule has 0 aliphatic rings. The third-order valence-electron chi connectivity index (χ3n) is 2.11. The van der Waals surface area contributed by atoms with Crippen LogP contribution >= 0.6 is 0 Å². The summed E-state index contributed by atoms with van der Waals surface area (Å²) in [5.74, 6) is 0. The number of aromatic nitrogens is 1. The minimum atomic E-state index is 1.03. The van der Waals surface area contributed by atoms with Crippen LogP contribution in [0, 0.1) is 0 Å². The fraction of sp³-hybridized carbons (Fsp3) is 0.182. The quantitative estimate of drug-likeness (QED) is 0.719. The van der Waals surface area contributed by atoms with E-state index < -0.39 is 0 Å². The van der Waals surface area contributed by atoms with Gasteiger partial charge in [-0.05, 0) is 18.2 Å². The van der Waals surface area contributed by atoms with E-state index in [1.165, 1.54) is 10.9 Å². The molecule has 0 aliphatic heterocycles. The SMILES string of the molecule is C[NH2+]Cc1ccc2ncccc2c1. The largest absolute Gasteiger partial charge is 0.345 e. The van der Waals surface area contributed by atoms with Gasteiger partial charge in [0.25, 0.3) is 0 Å². The first-order valence-electron chi connectivity index (χ1n) is 4.51. The summed E-state index contributed by atoms with van der Waals surface area (Å²) in [4.78, 5) is 4.27. The standard InChI is InChI=1S/C11H12N2/c1-12-8-9-4-5-11-10(7-9)3-2-6-13-11/h2-7,12H,8H2,1H3/p+1. The van der Waals surface area contributed by atoms with E-state index >= 15 is 0 Å². The number of pyridine rings is 1. The zero-order valence-corrected chi connectivity index (χ0v) is 7.70. The summed E-state index contributed by atoms with van der Waals surface area (Å²) >= 11 is 0. The van der Waals surface area contributed by atoms with Gasteiger partial charge < -0.3 is 5.32 Å². The number of quaternary nitrogens is 1. The Morgan fingerprint density at radius 3 is 3.08 bits per heavy atom. The van der Waals surface area contributed by atoms with Gasteiger partial charge >= 0.3 is 0 Å². The first kappa shape index (κ1) is 8.20. The monoisotopic (exact) mass is 173 g/mol. The zero-order valence-electron chi connectivity index (χ0n) is 7.70. The maximum absolute atomic E-state index is 4.27. The summed E-state index contributed by atoms with van der Waals surface area (Å²) in [7, 11) is 2.08. The molecule has 13 heavy (non-hydrogen) atoms. The van der Waals surface area contributed by atoms with E-state index in [0.717, 1.165) is 12.1 Å². The van der Waals surface area contributed by atoms with Gasteiger partial charge in [0.05, 0.1) is 12.6 Å². The molecule has 66 valence electrons. The van der Waals surface area contributed by atoms with E-state index in [-0.39, 0.29) is 0 Å². The molecule has 0 amide bonds. The molecule has 0 aliphatic carbocycles. The van der Waals surface area contributed by atoms with Crippen LogP contribution in [-0.2, 0) is 6.54 Å². The van der Waals surface area contributed by atoms with Gasteiger partial charge in [0.15, 0.2) is 0 Å². The van der Waals surface area contributed by atoms with Crippen LogP contribution in [0.15, 0.2) is 36.5 Å². The van der Waals surface area contributed by atoms with Gasteiger partial charge in [-0.2, -0.15) is 0 Å². The summed E-state index contributed by atoms with van der Waals surface area (Å²) in [6, 6.07) is 10.5. The molecule has 0 atom stereocenters. The second-order valence-electron chi connectivity index (χ2n) is 3.14. The molecular formula is C11H13N2+. The summed E-state index contributed by atoms with van der Waals surface area (Å²) in [5.41, 5.74) is 2.42. The van der Waals surface area contributed by atoms with Crippen LogP contribution in [0.3, 0.4) is 0 Å². The summed E-state index contributed by atoms with van der Waals surface area (Å²) in [5, 5.41) is 3.39. The molecular weight excluding hydrogens is 160 g/mol. The van der Waals surface area contributed by atoms with Crippen LogP contribution in [0.2, 0.25) is 0 Å². The molecule has 1 aromatic carbocycles. The molecule has 0 saturated carbocycles. The summed E-state index contributed by atoms with van der Waals surface area (Å²) in [6.45, 7) is 1.03. The molecule has 0 fully saturated rings. The van der Waals surface area contributed by atoms with E-state index in [9.17, 15) is 0 Å². The van der Waals surface area contributed by atoms with E-state index in [1.54, 1.807) is 0 Å². The first-order chi connectivity index (χ1) is 6.40. The second-order valence-corrected chi connectivity index (χ2v) is 3.14. The first-order valence-corrected chi connectivity index (χ1v) is 4.51. The Labute approximate surface area is 77.6 Å². The lowest BCUT2D eigenvalue weighted by Crippen LogP contribution is -2.77. The highest BCUT2D eigenvalue weighted by atomic mass is 14.8. The van der Waals surface area contributed by atoms with Crippen LogP contribution in [-0.4, -0.2) is 12.0 Å². The lowest BCUT2D eigenvalue weighted by Gasteiger charge is -1.99. The Balaban J connectivity index is 2.49. The minimum absolute atomic E-state index is 1.03. The summed E-state index contributed by atoms with van der Waals surface area (Å²) < 4.78 is 0. The molecule has 0 radical (unpaired) electrons.